The van der Waals surface area contributed by atoms with E-state index in [9.17, 15) is 0 Å². The van der Waals surface area contributed by atoms with Gasteiger partial charge in [-0.1, -0.05) is 12.1 Å². The third-order valence-corrected chi connectivity index (χ3v) is 3.53. The van der Waals surface area contributed by atoms with E-state index in [0.29, 0.717) is 6.04 Å². The van der Waals surface area contributed by atoms with Crippen LogP contribution in [0.4, 0.5) is 0 Å². The van der Waals surface area contributed by atoms with Crippen LogP contribution in [0.2, 0.25) is 0 Å². The number of nitrogens with zero attached hydrogens (tertiary/aromatic N) is 2. The first-order chi connectivity index (χ1) is 9.40. The van der Waals surface area contributed by atoms with Crippen molar-refractivity contribution in [1.29, 1.82) is 0 Å². The number of hydrogen-bond donors (Lipinski definition) is 2. The van der Waals surface area contributed by atoms with Gasteiger partial charge in [0.2, 0.25) is 0 Å². The average molecular weight is 254 g/mol. The summed E-state index contributed by atoms with van der Waals surface area (Å²) in [6, 6.07) is 8.57. The Morgan fingerprint density at radius 1 is 1.16 bits per heavy atom. The van der Waals surface area contributed by atoms with Gasteiger partial charge >= 0.3 is 0 Å². The maximum absolute atomic E-state index is 5.55. The molecule has 0 fully saturated rings. The molecule has 2 aromatic heterocycles. The molecular formula is C15H18N4. The molecular weight excluding hydrogens is 236 g/mol. The van der Waals surface area contributed by atoms with E-state index in [1.165, 1.54) is 11.1 Å². The van der Waals surface area contributed by atoms with Gasteiger partial charge in [0.1, 0.15) is 0 Å². The van der Waals surface area contributed by atoms with Gasteiger partial charge in [-0.2, -0.15) is 0 Å². The van der Waals surface area contributed by atoms with Gasteiger partial charge in [0, 0.05) is 18.4 Å². The molecule has 1 atom stereocenters. The van der Waals surface area contributed by atoms with Crippen LogP contribution < -0.4 is 11.1 Å². The van der Waals surface area contributed by atoms with Crippen molar-refractivity contribution >= 4 is 0 Å². The van der Waals surface area contributed by atoms with Gasteiger partial charge < -0.3 is 11.1 Å². The Labute approximate surface area is 113 Å². The zero-order valence-electron chi connectivity index (χ0n) is 10.8. The summed E-state index contributed by atoms with van der Waals surface area (Å²) in [5.41, 5.74) is 10.1. The fourth-order valence-electron chi connectivity index (χ4n) is 2.60. The predicted molar refractivity (Wildman–Crippen MR) is 75.6 cm³/mol. The van der Waals surface area contributed by atoms with Crippen molar-refractivity contribution in [2.45, 2.75) is 18.9 Å². The topological polar surface area (TPSA) is 63.8 Å². The minimum atomic E-state index is 0.312. The van der Waals surface area contributed by atoms with E-state index in [4.69, 9.17) is 5.73 Å². The summed E-state index contributed by atoms with van der Waals surface area (Å²) < 4.78 is 0. The Hall–Kier alpha value is -1.78. The summed E-state index contributed by atoms with van der Waals surface area (Å²) in [6.07, 6.45) is 5.62. The molecule has 2 aromatic rings. The molecule has 98 valence electrons. The lowest BCUT2D eigenvalue weighted by Crippen LogP contribution is -2.28. The third kappa shape index (κ3) is 2.37. The number of hydrogen-bond acceptors (Lipinski definition) is 4. The lowest BCUT2D eigenvalue weighted by atomic mass is 9.88. The molecule has 0 saturated heterocycles. The highest BCUT2D eigenvalue weighted by Gasteiger charge is 2.25. The van der Waals surface area contributed by atoms with Crippen molar-refractivity contribution in [3.05, 3.63) is 47.8 Å². The molecule has 2 heterocycles. The van der Waals surface area contributed by atoms with Crippen molar-refractivity contribution in [1.82, 2.24) is 15.3 Å². The molecule has 19 heavy (non-hydrogen) atoms. The first kappa shape index (κ1) is 12.3. The van der Waals surface area contributed by atoms with Crippen LogP contribution in [-0.4, -0.2) is 23.1 Å². The van der Waals surface area contributed by atoms with Gasteiger partial charge in [-0.3, -0.25) is 9.97 Å². The molecule has 3 rings (SSSR count). The number of pyridine rings is 2. The zero-order chi connectivity index (χ0) is 13.1. The average Bonchev–Trinajstić information content (AvgIpc) is 2.47. The summed E-state index contributed by atoms with van der Waals surface area (Å²) in [5, 5.41) is 3.57. The molecule has 0 aromatic carbocycles. The van der Waals surface area contributed by atoms with E-state index in [0.717, 1.165) is 37.3 Å². The van der Waals surface area contributed by atoms with E-state index in [1.807, 2.05) is 24.5 Å². The summed E-state index contributed by atoms with van der Waals surface area (Å²) in [5.74, 6) is 0. The number of nitrogens with one attached hydrogen (secondary N) is 1. The zero-order valence-corrected chi connectivity index (χ0v) is 10.8. The first-order valence-electron chi connectivity index (χ1n) is 6.73. The van der Waals surface area contributed by atoms with Crippen molar-refractivity contribution in [2.24, 2.45) is 5.73 Å². The molecule has 4 nitrogen and oxygen atoms in total. The summed E-state index contributed by atoms with van der Waals surface area (Å²) in [7, 11) is 0. The van der Waals surface area contributed by atoms with E-state index in [1.54, 1.807) is 0 Å². The minimum Gasteiger partial charge on any atom is -0.330 e. The standard InChI is InChI=1S/C15H18N4/c16-6-3-9-17-13-10-11-4-1-7-18-14(11)15-12(13)5-2-8-19-15/h1-2,4-5,7-8,13,17H,3,6,9-10,16H2. The van der Waals surface area contributed by atoms with Gasteiger partial charge in [-0.25, -0.2) is 0 Å². The lowest BCUT2D eigenvalue weighted by molar-refractivity contribution is 0.517. The number of rotatable bonds is 4. The monoisotopic (exact) mass is 254 g/mol. The summed E-state index contributed by atoms with van der Waals surface area (Å²) >= 11 is 0. The normalized spacial score (nSPS) is 16.8. The van der Waals surface area contributed by atoms with Gasteiger partial charge in [0.05, 0.1) is 11.4 Å². The molecule has 1 unspecified atom stereocenters. The Kier molecular flexibility index (Phi) is 3.53. The molecule has 0 bridgehead atoms. The Balaban J connectivity index is 1.95. The largest absolute Gasteiger partial charge is 0.330 e. The lowest BCUT2D eigenvalue weighted by Gasteiger charge is -2.27. The number of nitrogens with two attached hydrogens (primary N) is 1. The van der Waals surface area contributed by atoms with Gasteiger partial charge in [0.25, 0.3) is 0 Å². The Bertz CT molecular complexity index is 568. The second kappa shape index (κ2) is 5.47. The van der Waals surface area contributed by atoms with Crippen LogP contribution in [0.15, 0.2) is 36.7 Å². The highest BCUT2D eigenvalue weighted by atomic mass is 14.9. The number of aromatic nitrogens is 2. The molecule has 0 amide bonds. The van der Waals surface area contributed by atoms with Crippen molar-refractivity contribution < 1.29 is 0 Å². The minimum absolute atomic E-state index is 0.312. The van der Waals surface area contributed by atoms with Crippen LogP contribution in [0, 0.1) is 0 Å². The van der Waals surface area contributed by atoms with Crippen molar-refractivity contribution in [3.63, 3.8) is 0 Å². The molecule has 0 aliphatic heterocycles. The van der Waals surface area contributed by atoms with Crippen LogP contribution in [0.3, 0.4) is 0 Å². The van der Waals surface area contributed by atoms with Gasteiger partial charge in [-0.05, 0) is 49.2 Å². The molecule has 3 N–H and O–H groups in total. The fourth-order valence-corrected chi connectivity index (χ4v) is 2.60. The van der Waals surface area contributed by atoms with Crippen LogP contribution in [0.1, 0.15) is 23.6 Å². The maximum atomic E-state index is 5.55. The second-order valence-corrected chi connectivity index (χ2v) is 4.81. The first-order valence-corrected chi connectivity index (χ1v) is 6.73. The van der Waals surface area contributed by atoms with Crippen LogP contribution in [0.5, 0.6) is 0 Å². The van der Waals surface area contributed by atoms with Crippen LogP contribution in [0.25, 0.3) is 11.4 Å². The Morgan fingerprint density at radius 2 is 1.95 bits per heavy atom. The quantitative estimate of drug-likeness (QED) is 0.815. The number of fused-ring (bicyclic) bond motifs is 3. The van der Waals surface area contributed by atoms with E-state index < -0.39 is 0 Å². The molecule has 1 aliphatic carbocycles. The fraction of sp³-hybridized carbons (Fsp3) is 0.333. The van der Waals surface area contributed by atoms with E-state index >= 15 is 0 Å². The van der Waals surface area contributed by atoms with Crippen LogP contribution in [-0.2, 0) is 6.42 Å². The van der Waals surface area contributed by atoms with Crippen LogP contribution >= 0.6 is 0 Å². The van der Waals surface area contributed by atoms with Crippen molar-refractivity contribution in [2.75, 3.05) is 13.1 Å². The SMILES string of the molecule is NCCCNC1Cc2cccnc2-c2ncccc21. The van der Waals surface area contributed by atoms with E-state index in [2.05, 4.69) is 27.4 Å². The van der Waals surface area contributed by atoms with E-state index in [-0.39, 0.29) is 0 Å². The molecule has 4 heteroatoms. The summed E-state index contributed by atoms with van der Waals surface area (Å²) in [4.78, 5) is 8.99. The molecule has 0 radical (unpaired) electrons. The Morgan fingerprint density at radius 3 is 2.79 bits per heavy atom. The third-order valence-electron chi connectivity index (χ3n) is 3.53. The smallest absolute Gasteiger partial charge is 0.0936 e. The summed E-state index contributed by atoms with van der Waals surface area (Å²) in [6.45, 7) is 1.66. The molecule has 0 saturated carbocycles. The highest BCUT2D eigenvalue weighted by Crippen LogP contribution is 2.35. The maximum Gasteiger partial charge on any atom is 0.0936 e. The van der Waals surface area contributed by atoms with Crippen molar-refractivity contribution in [3.8, 4) is 11.4 Å². The van der Waals surface area contributed by atoms with Gasteiger partial charge in [0.15, 0.2) is 0 Å². The molecule has 0 spiro atoms. The predicted octanol–water partition coefficient (Wildman–Crippen LogP) is 1.68. The second-order valence-electron chi connectivity index (χ2n) is 4.81. The molecule has 1 aliphatic rings. The van der Waals surface area contributed by atoms with Gasteiger partial charge in [-0.15, -0.1) is 0 Å². The highest BCUT2D eigenvalue weighted by molar-refractivity contribution is 5.66.